The molecule has 2 rings (SSSR count). The highest BCUT2D eigenvalue weighted by atomic mass is 79.9. The van der Waals surface area contributed by atoms with Crippen LogP contribution in [0.2, 0.25) is 0 Å². The summed E-state index contributed by atoms with van der Waals surface area (Å²) >= 11 is 3.22. The summed E-state index contributed by atoms with van der Waals surface area (Å²) < 4.78 is 5.57. The zero-order chi connectivity index (χ0) is 10.8. The molecule has 0 radical (unpaired) electrons. The molecule has 1 amide bonds. The van der Waals surface area contributed by atoms with Gasteiger partial charge in [-0.3, -0.25) is 4.79 Å². The normalized spacial score (nSPS) is 16.4. The fourth-order valence-electron chi connectivity index (χ4n) is 1.70. The van der Waals surface area contributed by atoms with Gasteiger partial charge in [0.1, 0.15) is 0 Å². The molecule has 80 valence electrons. The van der Waals surface area contributed by atoms with E-state index in [9.17, 15) is 4.79 Å². The Morgan fingerprint density at radius 1 is 1.60 bits per heavy atom. The zero-order valence-corrected chi connectivity index (χ0v) is 10.1. The lowest BCUT2D eigenvalue weighted by molar-refractivity contribution is 0.0764. The van der Waals surface area contributed by atoms with E-state index in [1.54, 1.807) is 6.07 Å². The molecule has 15 heavy (non-hydrogen) atoms. The van der Waals surface area contributed by atoms with E-state index in [1.807, 2.05) is 11.8 Å². The van der Waals surface area contributed by atoms with Gasteiger partial charge in [0.15, 0.2) is 4.67 Å². The maximum absolute atomic E-state index is 12.0. The largest absolute Gasteiger partial charge is 0.457 e. The Hall–Kier alpha value is -1.03. The van der Waals surface area contributed by atoms with Crippen LogP contribution in [0.15, 0.2) is 33.1 Å². The molecule has 1 aliphatic heterocycles. The van der Waals surface area contributed by atoms with Crippen LogP contribution in [-0.2, 0) is 0 Å². The molecule has 1 aromatic rings. The van der Waals surface area contributed by atoms with E-state index >= 15 is 0 Å². The second-order valence-corrected chi connectivity index (χ2v) is 4.39. The summed E-state index contributed by atoms with van der Waals surface area (Å²) in [5, 5.41) is 0. The third-order valence-corrected chi connectivity index (χ3v) is 3.08. The first-order valence-corrected chi connectivity index (χ1v) is 5.65. The Balaban J connectivity index is 2.16. The summed E-state index contributed by atoms with van der Waals surface area (Å²) in [5.41, 5.74) is 1.85. The van der Waals surface area contributed by atoms with Crippen molar-refractivity contribution in [3.05, 3.63) is 34.2 Å². The average Bonchev–Trinajstić information content (AvgIpc) is 2.63. The molecule has 0 spiro atoms. The summed E-state index contributed by atoms with van der Waals surface area (Å²) in [5.74, 6) is 0.0306. The number of hydrogen-bond donors (Lipinski definition) is 0. The summed E-state index contributed by atoms with van der Waals surface area (Å²) in [7, 11) is 0. The molecule has 0 saturated heterocycles. The monoisotopic (exact) mass is 269 g/mol. The lowest BCUT2D eigenvalue weighted by Gasteiger charge is -2.25. The second kappa shape index (κ2) is 4.23. The summed E-state index contributed by atoms with van der Waals surface area (Å²) in [6, 6.07) is 1.69. The van der Waals surface area contributed by atoms with Gasteiger partial charge in [-0.25, -0.2) is 0 Å². The highest BCUT2D eigenvalue weighted by molar-refractivity contribution is 9.10. The quantitative estimate of drug-likeness (QED) is 0.735. The van der Waals surface area contributed by atoms with Gasteiger partial charge in [-0.05, 0) is 35.3 Å². The van der Waals surface area contributed by atoms with E-state index < -0.39 is 0 Å². The van der Waals surface area contributed by atoms with E-state index in [0.717, 1.165) is 19.5 Å². The van der Waals surface area contributed by atoms with Crippen LogP contribution in [0.4, 0.5) is 0 Å². The number of rotatable bonds is 1. The number of hydrogen-bond acceptors (Lipinski definition) is 2. The Labute approximate surface area is 96.9 Å². The van der Waals surface area contributed by atoms with Crippen molar-refractivity contribution in [2.75, 3.05) is 13.1 Å². The molecular formula is C11H12BrNO2. The summed E-state index contributed by atoms with van der Waals surface area (Å²) in [4.78, 5) is 13.9. The van der Waals surface area contributed by atoms with Crippen LogP contribution < -0.4 is 0 Å². The van der Waals surface area contributed by atoms with Gasteiger partial charge in [-0.15, -0.1) is 0 Å². The van der Waals surface area contributed by atoms with E-state index in [2.05, 4.69) is 22.0 Å². The van der Waals surface area contributed by atoms with Crippen LogP contribution in [0.1, 0.15) is 23.7 Å². The maximum Gasteiger partial charge on any atom is 0.258 e. The Bertz CT molecular complexity index is 408. The van der Waals surface area contributed by atoms with Gasteiger partial charge < -0.3 is 9.32 Å². The molecule has 0 bridgehead atoms. The Morgan fingerprint density at radius 2 is 2.40 bits per heavy atom. The lowest BCUT2D eigenvalue weighted by atomic mass is 10.1. The smallest absolute Gasteiger partial charge is 0.258 e. The van der Waals surface area contributed by atoms with Gasteiger partial charge in [-0.1, -0.05) is 11.6 Å². The Morgan fingerprint density at radius 3 is 3.00 bits per heavy atom. The molecule has 2 heterocycles. The highest BCUT2D eigenvalue weighted by Gasteiger charge is 2.21. The molecule has 0 atom stereocenters. The molecular weight excluding hydrogens is 258 g/mol. The van der Waals surface area contributed by atoms with Crippen molar-refractivity contribution in [3.8, 4) is 0 Å². The van der Waals surface area contributed by atoms with Gasteiger partial charge in [0, 0.05) is 13.1 Å². The van der Waals surface area contributed by atoms with Crippen LogP contribution in [-0.4, -0.2) is 23.9 Å². The van der Waals surface area contributed by atoms with Crippen LogP contribution in [0.25, 0.3) is 0 Å². The first kappa shape index (κ1) is 10.5. The standard InChI is InChI=1S/C11H12BrNO2/c1-8-3-2-5-13(7-8)11(14)9-4-6-15-10(9)12/h3-4,6H,2,5,7H2,1H3. The Kier molecular flexibility index (Phi) is 2.95. The summed E-state index contributed by atoms with van der Waals surface area (Å²) in [6.07, 6.45) is 4.63. The second-order valence-electron chi connectivity index (χ2n) is 3.67. The van der Waals surface area contributed by atoms with Crippen molar-refractivity contribution in [1.82, 2.24) is 4.90 Å². The van der Waals surface area contributed by atoms with Gasteiger partial charge in [0.05, 0.1) is 11.8 Å². The number of carbonyl (C=O) groups excluding carboxylic acids is 1. The predicted octanol–water partition coefficient (Wildman–Crippen LogP) is 2.83. The average molecular weight is 270 g/mol. The third kappa shape index (κ3) is 2.15. The molecule has 1 aliphatic rings. The van der Waals surface area contributed by atoms with Crippen LogP contribution in [0.3, 0.4) is 0 Å². The third-order valence-electron chi connectivity index (χ3n) is 2.47. The van der Waals surface area contributed by atoms with Gasteiger partial charge >= 0.3 is 0 Å². The number of nitrogens with zero attached hydrogens (tertiary/aromatic N) is 1. The molecule has 0 aliphatic carbocycles. The van der Waals surface area contributed by atoms with E-state index in [4.69, 9.17) is 4.42 Å². The number of carbonyl (C=O) groups is 1. The molecule has 0 fully saturated rings. The topological polar surface area (TPSA) is 33.5 Å². The SMILES string of the molecule is CC1=CCCN(C(=O)c2ccoc2Br)C1. The fraction of sp³-hybridized carbons (Fsp3) is 0.364. The molecule has 4 heteroatoms. The van der Waals surface area contributed by atoms with Crippen molar-refractivity contribution in [2.24, 2.45) is 0 Å². The lowest BCUT2D eigenvalue weighted by Crippen LogP contribution is -2.35. The van der Waals surface area contributed by atoms with Crippen LogP contribution >= 0.6 is 15.9 Å². The zero-order valence-electron chi connectivity index (χ0n) is 8.50. The van der Waals surface area contributed by atoms with E-state index in [1.165, 1.54) is 11.8 Å². The molecule has 3 nitrogen and oxygen atoms in total. The predicted molar refractivity (Wildman–Crippen MR) is 60.7 cm³/mol. The maximum atomic E-state index is 12.0. The first-order valence-electron chi connectivity index (χ1n) is 4.86. The molecule has 0 saturated carbocycles. The van der Waals surface area contributed by atoms with Gasteiger partial charge in [0.25, 0.3) is 5.91 Å². The van der Waals surface area contributed by atoms with Gasteiger partial charge in [-0.2, -0.15) is 0 Å². The highest BCUT2D eigenvalue weighted by Crippen LogP contribution is 2.21. The minimum absolute atomic E-state index is 0.0306. The fourth-order valence-corrected chi connectivity index (χ4v) is 2.11. The molecule has 1 aromatic heterocycles. The molecule has 0 aromatic carbocycles. The van der Waals surface area contributed by atoms with Crippen molar-refractivity contribution in [1.29, 1.82) is 0 Å². The molecule has 0 unspecified atom stereocenters. The van der Waals surface area contributed by atoms with Crippen LogP contribution in [0.5, 0.6) is 0 Å². The number of furan rings is 1. The molecule has 0 N–H and O–H groups in total. The van der Waals surface area contributed by atoms with Crippen molar-refractivity contribution in [3.63, 3.8) is 0 Å². The number of amides is 1. The van der Waals surface area contributed by atoms with E-state index in [-0.39, 0.29) is 5.91 Å². The minimum Gasteiger partial charge on any atom is -0.457 e. The minimum atomic E-state index is 0.0306. The number of halogens is 1. The van der Waals surface area contributed by atoms with Crippen LogP contribution in [0, 0.1) is 0 Å². The van der Waals surface area contributed by atoms with Crippen molar-refractivity contribution < 1.29 is 9.21 Å². The van der Waals surface area contributed by atoms with Crippen molar-refractivity contribution >= 4 is 21.8 Å². The first-order chi connectivity index (χ1) is 7.18. The van der Waals surface area contributed by atoms with Crippen molar-refractivity contribution in [2.45, 2.75) is 13.3 Å². The van der Waals surface area contributed by atoms with E-state index in [0.29, 0.717) is 10.2 Å². The van der Waals surface area contributed by atoms with Gasteiger partial charge in [0.2, 0.25) is 0 Å². The summed E-state index contributed by atoms with van der Waals surface area (Å²) in [6.45, 7) is 3.55.